The molecule has 21 atom stereocenters. The van der Waals surface area contributed by atoms with Crippen molar-refractivity contribution >= 4 is 5.97 Å². The molecule has 3 saturated heterocycles. The molecule has 0 aromatic rings. The van der Waals surface area contributed by atoms with Crippen LogP contribution in [0, 0.1) is 50.2 Å². The number of allylic oxidation sites excluding steroid dienone is 2. The van der Waals surface area contributed by atoms with E-state index in [1.54, 1.807) is 0 Å². The molecule has 16 heteroatoms. The number of aliphatic hydroxyl groups is 8. The van der Waals surface area contributed by atoms with Crippen molar-refractivity contribution in [2.75, 3.05) is 19.8 Å². The van der Waals surface area contributed by atoms with E-state index in [1.165, 1.54) is 5.57 Å². The molecule has 8 rings (SSSR count). The van der Waals surface area contributed by atoms with Gasteiger partial charge in [-0.1, -0.05) is 60.1 Å². The Morgan fingerprint density at radius 3 is 2.03 bits per heavy atom. The second-order valence-electron chi connectivity index (χ2n) is 22.6. The van der Waals surface area contributed by atoms with Gasteiger partial charge in [-0.2, -0.15) is 0 Å². The monoisotopic (exact) mass is 882 g/mol. The highest BCUT2D eigenvalue weighted by molar-refractivity contribution is 5.76. The van der Waals surface area contributed by atoms with Crippen LogP contribution in [0.5, 0.6) is 0 Å². The highest BCUT2D eigenvalue weighted by atomic mass is 16.8. The summed E-state index contributed by atoms with van der Waals surface area (Å²) in [4.78, 5) is 13.1. The number of ether oxygens (including phenoxy) is 6. The number of fused-ring (bicyclic) bond motifs is 7. The number of carboxylic acids is 1. The molecule has 0 aromatic carbocycles. The fourth-order valence-corrected chi connectivity index (χ4v) is 14.5. The maximum Gasteiger partial charge on any atom is 0.310 e. The van der Waals surface area contributed by atoms with Crippen molar-refractivity contribution in [1.29, 1.82) is 0 Å². The van der Waals surface area contributed by atoms with Crippen LogP contribution in [-0.2, 0) is 33.2 Å². The molecule has 9 N–H and O–H groups in total. The lowest BCUT2D eigenvalue weighted by atomic mass is 9.33. The number of hydrogen-bond donors (Lipinski definition) is 9. The molecule has 0 radical (unpaired) electrons. The van der Waals surface area contributed by atoms with E-state index in [4.69, 9.17) is 28.4 Å². The molecule has 16 nitrogen and oxygen atoms in total. The number of aliphatic hydroxyl groups excluding tert-OH is 8. The molecule has 3 aliphatic heterocycles. The predicted molar refractivity (Wildman–Crippen MR) is 219 cm³/mol. The van der Waals surface area contributed by atoms with E-state index >= 15 is 0 Å². The van der Waals surface area contributed by atoms with Crippen LogP contribution < -0.4 is 0 Å². The van der Waals surface area contributed by atoms with Gasteiger partial charge in [0.1, 0.15) is 61.0 Å². The van der Waals surface area contributed by atoms with Crippen LogP contribution in [0.25, 0.3) is 0 Å². The molecule has 5 aliphatic carbocycles. The molecular weight excluding hydrogens is 808 g/mol. The summed E-state index contributed by atoms with van der Waals surface area (Å²) >= 11 is 0. The first-order chi connectivity index (χ1) is 28.9. The van der Waals surface area contributed by atoms with Crippen molar-refractivity contribution in [3.8, 4) is 0 Å². The number of carbonyl (C=O) groups is 1. The number of rotatable bonds is 8. The Kier molecular flexibility index (Phi) is 12.5. The lowest BCUT2D eigenvalue weighted by Crippen LogP contribution is -2.66. The van der Waals surface area contributed by atoms with Gasteiger partial charge in [0.05, 0.1) is 31.3 Å². The fourth-order valence-electron chi connectivity index (χ4n) is 14.5. The van der Waals surface area contributed by atoms with Crippen molar-refractivity contribution in [2.24, 2.45) is 50.2 Å². The van der Waals surface area contributed by atoms with E-state index in [0.29, 0.717) is 18.8 Å². The van der Waals surface area contributed by atoms with Crippen molar-refractivity contribution in [1.82, 2.24) is 0 Å². The first kappa shape index (κ1) is 47.2. The Bertz CT molecular complexity index is 1690. The normalized spacial score (nSPS) is 53.6. The highest BCUT2D eigenvalue weighted by Crippen LogP contribution is 2.76. The van der Waals surface area contributed by atoms with Gasteiger partial charge in [-0.3, -0.25) is 4.79 Å². The van der Waals surface area contributed by atoms with E-state index in [-0.39, 0.29) is 58.2 Å². The van der Waals surface area contributed by atoms with E-state index in [1.807, 2.05) is 0 Å². The minimum absolute atomic E-state index is 0.0261. The average Bonchev–Trinajstić information content (AvgIpc) is 3.20. The van der Waals surface area contributed by atoms with Crippen LogP contribution in [0.1, 0.15) is 113 Å². The molecule has 0 spiro atoms. The van der Waals surface area contributed by atoms with E-state index < -0.39 is 97.9 Å². The number of carboxylic acid groups (broad SMARTS) is 1. The number of hydrogen-bond acceptors (Lipinski definition) is 15. The highest BCUT2D eigenvalue weighted by Gasteiger charge is 2.69. The van der Waals surface area contributed by atoms with Gasteiger partial charge in [0.15, 0.2) is 18.9 Å². The van der Waals surface area contributed by atoms with Gasteiger partial charge in [0.25, 0.3) is 0 Å². The van der Waals surface area contributed by atoms with Crippen LogP contribution >= 0.6 is 0 Å². The fraction of sp³-hybridized carbons (Fsp3) is 0.935. The summed E-state index contributed by atoms with van der Waals surface area (Å²) in [5, 5.41) is 95.8. The maximum atomic E-state index is 13.1. The first-order valence-electron chi connectivity index (χ1n) is 23.1. The lowest BCUT2D eigenvalue weighted by molar-refractivity contribution is -0.357. The van der Waals surface area contributed by atoms with Gasteiger partial charge in [-0.05, 0) is 109 Å². The SMILES string of the molecule is CC1(C)CC[C@]2(C(=O)O)CC[C@]3(C)C(=CC[C@@H]4[C@@]5(C)CC[C@H](O[C@@H]6O[C@H](CO[C@@H]7OC[C@H](O)[C@H](O)[C@H]7O[C@@H]7OC[C@H](O)[C@H](O)[C@H]7O)[C@@H](O)[C@H](O)[C@H]6O)C(C)(C)[C@@H]5CC[C@]43C)[C@@H]2C1. The Labute approximate surface area is 364 Å². The van der Waals surface area contributed by atoms with Crippen LogP contribution in [0.15, 0.2) is 11.6 Å². The van der Waals surface area contributed by atoms with Gasteiger partial charge in [0, 0.05) is 0 Å². The summed E-state index contributed by atoms with van der Waals surface area (Å²) in [6, 6.07) is 0. The zero-order valence-electron chi connectivity index (χ0n) is 37.5. The lowest BCUT2D eigenvalue weighted by Gasteiger charge is -2.71. The summed E-state index contributed by atoms with van der Waals surface area (Å²) in [6.45, 7) is 15.3. The Morgan fingerprint density at radius 2 is 1.34 bits per heavy atom. The van der Waals surface area contributed by atoms with Crippen LogP contribution in [0.4, 0.5) is 0 Å². The van der Waals surface area contributed by atoms with Crippen LogP contribution in [-0.4, -0.2) is 158 Å². The standard InChI is InChI=1S/C46H74O16/c1-41(2)14-16-46(40(55)56)17-15-44(6)22(23(46)18-41)8-9-28-43(5)12-11-29(42(3,4)27(43)10-13-45(28,44)7)61-38-35(54)33(52)32(51)26(60-38)21-59-39-36(31(50)25(48)20-58-39)62-37-34(53)30(49)24(47)19-57-37/h8,23-39,47-54H,9-21H2,1-7H3,(H,55,56)/t23-,24-,25-,26+,27-,28+,29-,30-,31-,32+,33-,34+,35+,36+,37-,38-,39-,43-,44+,45+,46-/m0/s1. The Hall–Kier alpha value is -1.35. The second kappa shape index (κ2) is 16.5. The Balaban J connectivity index is 0.961. The summed E-state index contributed by atoms with van der Waals surface area (Å²) in [5.74, 6) is 0.0164. The third-order valence-electron chi connectivity index (χ3n) is 18.6. The summed E-state index contributed by atoms with van der Waals surface area (Å²) in [6.07, 6.45) is -8.76. The van der Waals surface area contributed by atoms with Gasteiger partial charge in [-0.15, -0.1) is 0 Å². The molecule has 8 aliphatic rings. The average molecular weight is 883 g/mol. The molecule has 0 bridgehead atoms. The molecule has 7 fully saturated rings. The largest absolute Gasteiger partial charge is 0.481 e. The predicted octanol–water partition coefficient (Wildman–Crippen LogP) is 1.98. The van der Waals surface area contributed by atoms with Crippen molar-refractivity contribution < 1.29 is 79.2 Å². The zero-order chi connectivity index (χ0) is 45.1. The third kappa shape index (κ3) is 7.37. The van der Waals surface area contributed by atoms with Crippen molar-refractivity contribution in [3.05, 3.63) is 11.6 Å². The van der Waals surface area contributed by atoms with Gasteiger partial charge in [0.2, 0.25) is 0 Å². The number of aliphatic carboxylic acids is 1. The molecule has 4 saturated carbocycles. The van der Waals surface area contributed by atoms with Crippen LogP contribution in [0.2, 0.25) is 0 Å². The van der Waals surface area contributed by atoms with E-state index in [0.717, 1.165) is 51.4 Å². The molecule has 0 aromatic heterocycles. The minimum Gasteiger partial charge on any atom is -0.481 e. The summed E-state index contributed by atoms with van der Waals surface area (Å²) < 4.78 is 35.4. The zero-order valence-corrected chi connectivity index (χ0v) is 37.5. The summed E-state index contributed by atoms with van der Waals surface area (Å²) in [5.41, 5.74) is 0.204. The van der Waals surface area contributed by atoms with Crippen molar-refractivity contribution in [3.63, 3.8) is 0 Å². The maximum absolute atomic E-state index is 13.1. The minimum atomic E-state index is -1.69. The topological polar surface area (TPSA) is 255 Å². The molecule has 0 amide bonds. The van der Waals surface area contributed by atoms with Gasteiger partial charge in [-0.25, -0.2) is 0 Å². The quantitative estimate of drug-likeness (QED) is 0.125. The molecule has 354 valence electrons. The summed E-state index contributed by atoms with van der Waals surface area (Å²) in [7, 11) is 0. The smallest absolute Gasteiger partial charge is 0.310 e. The van der Waals surface area contributed by atoms with E-state index in [2.05, 4.69) is 54.5 Å². The van der Waals surface area contributed by atoms with Crippen LogP contribution in [0.3, 0.4) is 0 Å². The molecular formula is C46H74O16. The van der Waals surface area contributed by atoms with E-state index in [9.17, 15) is 50.8 Å². The Morgan fingerprint density at radius 1 is 0.694 bits per heavy atom. The van der Waals surface area contributed by atoms with Gasteiger partial charge >= 0.3 is 5.97 Å². The third-order valence-corrected chi connectivity index (χ3v) is 18.6. The van der Waals surface area contributed by atoms with Gasteiger partial charge < -0.3 is 74.4 Å². The van der Waals surface area contributed by atoms with Crippen molar-refractivity contribution in [2.45, 2.75) is 199 Å². The molecule has 62 heavy (non-hydrogen) atoms. The first-order valence-corrected chi connectivity index (χ1v) is 23.1. The molecule has 0 unspecified atom stereocenters. The second-order valence-corrected chi connectivity index (χ2v) is 22.6. The molecule has 3 heterocycles.